The maximum atomic E-state index is 12.6. The molecule has 0 aliphatic carbocycles. The quantitative estimate of drug-likeness (QED) is 0.769. The molecule has 2 rings (SSSR count). The summed E-state index contributed by atoms with van der Waals surface area (Å²) in [6, 6.07) is -0.490. The van der Waals surface area contributed by atoms with Crippen LogP contribution in [0.3, 0.4) is 0 Å². The molecule has 0 radical (unpaired) electrons. The fourth-order valence-corrected chi connectivity index (χ4v) is 3.45. The second kappa shape index (κ2) is 6.56. The van der Waals surface area contributed by atoms with Crippen LogP contribution in [-0.2, 0) is 14.4 Å². The lowest BCUT2D eigenvalue weighted by Crippen LogP contribution is -2.49. The van der Waals surface area contributed by atoms with Gasteiger partial charge in [0, 0.05) is 12.6 Å². The van der Waals surface area contributed by atoms with E-state index >= 15 is 0 Å². The molecule has 2 unspecified atom stereocenters. The maximum Gasteiger partial charge on any atom is 0.307 e. The summed E-state index contributed by atoms with van der Waals surface area (Å²) >= 11 is 0. The van der Waals surface area contributed by atoms with E-state index in [-0.39, 0.29) is 24.3 Å². The lowest BCUT2D eigenvalue weighted by molar-refractivity contribution is -0.147. The molecule has 0 spiro atoms. The molecule has 2 aliphatic heterocycles. The van der Waals surface area contributed by atoms with Crippen LogP contribution in [0.25, 0.3) is 0 Å². The number of hydrogen-bond acceptors (Lipinski definition) is 4. The third kappa shape index (κ3) is 3.10. The highest BCUT2D eigenvalue weighted by Gasteiger charge is 2.45. The minimum Gasteiger partial charge on any atom is -0.481 e. The lowest BCUT2D eigenvalue weighted by Gasteiger charge is -2.34. The van der Waals surface area contributed by atoms with E-state index in [4.69, 9.17) is 5.11 Å². The molecular formula is C15H24N2O4. The number of carbonyl (C=O) groups excluding carboxylic acids is 2. The van der Waals surface area contributed by atoms with E-state index in [9.17, 15) is 14.4 Å². The van der Waals surface area contributed by atoms with Crippen molar-refractivity contribution in [1.82, 2.24) is 9.80 Å². The molecule has 2 fully saturated rings. The van der Waals surface area contributed by atoms with Crippen molar-refractivity contribution < 1.29 is 19.5 Å². The summed E-state index contributed by atoms with van der Waals surface area (Å²) in [6.07, 6.45) is 3.13. The van der Waals surface area contributed by atoms with Crippen LogP contribution in [0.5, 0.6) is 0 Å². The zero-order chi connectivity index (χ0) is 15.6. The summed E-state index contributed by atoms with van der Waals surface area (Å²) in [6.45, 7) is 5.02. The Morgan fingerprint density at radius 1 is 1.33 bits per heavy atom. The van der Waals surface area contributed by atoms with Gasteiger partial charge in [0.25, 0.3) is 0 Å². The number of hydrogen-bond donors (Lipinski definition) is 1. The number of carboxylic acids is 1. The summed E-state index contributed by atoms with van der Waals surface area (Å²) < 4.78 is 0. The van der Waals surface area contributed by atoms with E-state index in [1.54, 1.807) is 0 Å². The third-order valence-electron chi connectivity index (χ3n) is 4.71. The van der Waals surface area contributed by atoms with Gasteiger partial charge in [0.1, 0.15) is 0 Å². The minimum atomic E-state index is -0.812. The molecule has 118 valence electrons. The number of imide groups is 1. The number of carbonyl (C=O) groups is 3. The number of likely N-dealkylation sites (tertiary alicyclic amines) is 2. The summed E-state index contributed by atoms with van der Waals surface area (Å²) in [5.41, 5.74) is 0. The van der Waals surface area contributed by atoms with Crippen molar-refractivity contribution in [3.63, 3.8) is 0 Å². The third-order valence-corrected chi connectivity index (χ3v) is 4.71. The Morgan fingerprint density at radius 2 is 2.00 bits per heavy atom. The van der Waals surface area contributed by atoms with Crippen molar-refractivity contribution in [1.29, 1.82) is 0 Å². The number of carboxylic acid groups (broad SMARTS) is 1. The van der Waals surface area contributed by atoms with Crippen LogP contribution < -0.4 is 0 Å². The number of piperidine rings is 1. The Morgan fingerprint density at radius 3 is 2.57 bits per heavy atom. The van der Waals surface area contributed by atoms with Crippen molar-refractivity contribution >= 4 is 17.8 Å². The Labute approximate surface area is 125 Å². The standard InChI is InChI=1S/C15H24N2O4/c1-3-11(4-2)17-13(18)8-12(14(17)19)16-7-5-6-10(9-16)15(20)21/h10-12H,3-9H2,1-2H3,(H,20,21). The number of amides is 2. The van der Waals surface area contributed by atoms with E-state index < -0.39 is 17.9 Å². The highest BCUT2D eigenvalue weighted by molar-refractivity contribution is 6.05. The molecule has 1 N–H and O–H groups in total. The van der Waals surface area contributed by atoms with Gasteiger partial charge in [0.05, 0.1) is 18.4 Å². The van der Waals surface area contributed by atoms with Crippen LogP contribution >= 0.6 is 0 Å². The molecule has 2 amide bonds. The lowest BCUT2D eigenvalue weighted by atomic mass is 9.96. The smallest absolute Gasteiger partial charge is 0.307 e. The zero-order valence-electron chi connectivity index (χ0n) is 12.7. The van der Waals surface area contributed by atoms with E-state index in [1.165, 1.54) is 4.90 Å². The van der Waals surface area contributed by atoms with Crippen LogP contribution in [0.2, 0.25) is 0 Å². The molecule has 0 bridgehead atoms. The summed E-state index contributed by atoms with van der Waals surface area (Å²) in [7, 11) is 0. The molecule has 0 aromatic carbocycles. The van der Waals surface area contributed by atoms with Gasteiger partial charge in [-0.2, -0.15) is 0 Å². The monoisotopic (exact) mass is 296 g/mol. The zero-order valence-corrected chi connectivity index (χ0v) is 12.7. The Hall–Kier alpha value is -1.43. The first-order valence-electron chi connectivity index (χ1n) is 7.82. The highest BCUT2D eigenvalue weighted by atomic mass is 16.4. The first-order chi connectivity index (χ1) is 9.99. The predicted octanol–water partition coefficient (Wildman–Crippen LogP) is 1.10. The second-order valence-corrected chi connectivity index (χ2v) is 5.96. The molecule has 2 atom stereocenters. The molecule has 21 heavy (non-hydrogen) atoms. The van der Waals surface area contributed by atoms with Crippen LogP contribution in [0.4, 0.5) is 0 Å². The van der Waals surface area contributed by atoms with Crippen molar-refractivity contribution in [2.45, 2.75) is 58.0 Å². The first-order valence-corrected chi connectivity index (χ1v) is 7.82. The van der Waals surface area contributed by atoms with Gasteiger partial charge in [-0.1, -0.05) is 13.8 Å². The molecule has 2 aliphatic rings. The molecule has 6 nitrogen and oxygen atoms in total. The van der Waals surface area contributed by atoms with E-state index in [1.807, 2.05) is 18.7 Å². The van der Waals surface area contributed by atoms with E-state index in [0.29, 0.717) is 19.5 Å². The summed E-state index contributed by atoms with van der Waals surface area (Å²) in [5.74, 6) is -1.49. The normalized spacial score (nSPS) is 27.7. The Kier molecular flexibility index (Phi) is 4.98. The molecular weight excluding hydrogens is 272 g/mol. The molecule has 0 aromatic heterocycles. The van der Waals surface area contributed by atoms with Crippen molar-refractivity contribution in [3.05, 3.63) is 0 Å². The van der Waals surface area contributed by atoms with Crippen LogP contribution in [0.15, 0.2) is 0 Å². The number of aliphatic carboxylic acids is 1. The Balaban J connectivity index is 2.09. The second-order valence-electron chi connectivity index (χ2n) is 5.96. The van der Waals surface area contributed by atoms with E-state index in [2.05, 4.69) is 0 Å². The molecule has 2 heterocycles. The fraction of sp³-hybridized carbons (Fsp3) is 0.800. The van der Waals surface area contributed by atoms with Gasteiger partial charge >= 0.3 is 5.97 Å². The van der Waals surface area contributed by atoms with E-state index in [0.717, 1.165) is 19.3 Å². The molecule has 2 saturated heterocycles. The summed E-state index contributed by atoms with van der Waals surface area (Å²) in [5, 5.41) is 9.14. The van der Waals surface area contributed by atoms with Crippen molar-refractivity contribution in [2.75, 3.05) is 13.1 Å². The van der Waals surface area contributed by atoms with Gasteiger partial charge < -0.3 is 5.11 Å². The van der Waals surface area contributed by atoms with Crippen LogP contribution in [0, 0.1) is 5.92 Å². The number of nitrogens with zero attached hydrogens (tertiary/aromatic N) is 2. The maximum absolute atomic E-state index is 12.6. The SMILES string of the molecule is CCC(CC)N1C(=O)CC(N2CCCC(C(=O)O)C2)C1=O. The van der Waals surface area contributed by atoms with Gasteiger partial charge in [-0.3, -0.25) is 24.2 Å². The van der Waals surface area contributed by atoms with Crippen LogP contribution in [-0.4, -0.2) is 57.9 Å². The first kappa shape index (κ1) is 15.9. The fourth-order valence-electron chi connectivity index (χ4n) is 3.45. The predicted molar refractivity (Wildman–Crippen MR) is 76.6 cm³/mol. The van der Waals surface area contributed by atoms with Crippen LogP contribution in [0.1, 0.15) is 46.0 Å². The molecule has 6 heteroatoms. The van der Waals surface area contributed by atoms with Gasteiger partial charge in [0.15, 0.2) is 0 Å². The van der Waals surface area contributed by atoms with Gasteiger partial charge in [0.2, 0.25) is 11.8 Å². The molecule has 0 saturated carbocycles. The summed E-state index contributed by atoms with van der Waals surface area (Å²) in [4.78, 5) is 39.2. The van der Waals surface area contributed by atoms with Gasteiger partial charge in [-0.25, -0.2) is 0 Å². The van der Waals surface area contributed by atoms with Gasteiger partial charge in [-0.05, 0) is 32.2 Å². The Bertz CT molecular complexity index is 433. The minimum absolute atomic E-state index is 0.0324. The van der Waals surface area contributed by atoms with Crippen molar-refractivity contribution in [3.8, 4) is 0 Å². The average Bonchev–Trinajstić information content (AvgIpc) is 2.77. The molecule has 0 aromatic rings. The average molecular weight is 296 g/mol. The number of rotatable bonds is 5. The largest absolute Gasteiger partial charge is 0.481 e. The van der Waals surface area contributed by atoms with Gasteiger partial charge in [-0.15, -0.1) is 0 Å². The highest BCUT2D eigenvalue weighted by Crippen LogP contribution is 2.27. The van der Waals surface area contributed by atoms with Crippen molar-refractivity contribution in [2.24, 2.45) is 5.92 Å². The topological polar surface area (TPSA) is 77.9 Å².